The van der Waals surface area contributed by atoms with Crippen molar-refractivity contribution in [2.75, 3.05) is 0 Å². The highest BCUT2D eigenvalue weighted by Crippen LogP contribution is 2.31. The summed E-state index contributed by atoms with van der Waals surface area (Å²) in [7, 11) is 0. The van der Waals surface area contributed by atoms with Crippen molar-refractivity contribution in [1.29, 1.82) is 0 Å². The third-order valence-electron chi connectivity index (χ3n) is 2.69. The zero-order chi connectivity index (χ0) is 14.2. The molecular weight excluding hydrogens is 275 g/mol. The molecule has 7 heteroatoms. The Morgan fingerprint density at radius 1 is 1.21 bits per heavy atom. The summed E-state index contributed by atoms with van der Waals surface area (Å²) in [6, 6.07) is 4.94. The SMILES string of the molecule is CC(C)n1c(-c2ccc(C(F)(F)F)cc2)n[nH]c1=S. The van der Waals surface area contributed by atoms with Gasteiger partial charge in [-0.2, -0.15) is 18.3 Å². The molecule has 0 radical (unpaired) electrons. The van der Waals surface area contributed by atoms with Gasteiger partial charge in [-0.05, 0) is 38.2 Å². The van der Waals surface area contributed by atoms with E-state index in [9.17, 15) is 13.2 Å². The van der Waals surface area contributed by atoms with Gasteiger partial charge < -0.3 is 0 Å². The Labute approximate surface area is 113 Å². The molecule has 0 atom stereocenters. The molecule has 0 amide bonds. The van der Waals surface area contributed by atoms with Crippen LogP contribution in [-0.4, -0.2) is 14.8 Å². The monoisotopic (exact) mass is 287 g/mol. The van der Waals surface area contributed by atoms with Crippen LogP contribution < -0.4 is 0 Å². The summed E-state index contributed by atoms with van der Waals surface area (Å²) < 4.78 is 39.7. The second kappa shape index (κ2) is 4.80. The lowest BCUT2D eigenvalue weighted by Gasteiger charge is -2.11. The van der Waals surface area contributed by atoms with Crippen LogP contribution in [0.4, 0.5) is 13.2 Å². The van der Waals surface area contributed by atoms with Crippen molar-refractivity contribution in [3.8, 4) is 11.4 Å². The van der Waals surface area contributed by atoms with Crippen LogP contribution in [-0.2, 0) is 6.18 Å². The number of halogens is 3. The number of aromatic amines is 1. The molecule has 0 aliphatic heterocycles. The fourth-order valence-electron chi connectivity index (χ4n) is 1.80. The second-order valence-corrected chi connectivity index (χ2v) is 4.78. The summed E-state index contributed by atoms with van der Waals surface area (Å²) in [5.41, 5.74) is -0.0875. The minimum Gasteiger partial charge on any atom is -0.298 e. The highest BCUT2D eigenvalue weighted by Gasteiger charge is 2.30. The average Bonchev–Trinajstić information content (AvgIpc) is 2.70. The Bertz CT molecular complexity index is 623. The molecule has 0 spiro atoms. The Balaban J connectivity index is 2.47. The van der Waals surface area contributed by atoms with Crippen molar-refractivity contribution < 1.29 is 13.2 Å². The third-order valence-corrected chi connectivity index (χ3v) is 2.98. The van der Waals surface area contributed by atoms with Gasteiger partial charge in [0.25, 0.3) is 0 Å². The summed E-state index contributed by atoms with van der Waals surface area (Å²) in [6.45, 7) is 3.86. The van der Waals surface area contributed by atoms with Crippen molar-refractivity contribution in [3.05, 3.63) is 34.6 Å². The van der Waals surface area contributed by atoms with Crippen LogP contribution >= 0.6 is 12.2 Å². The van der Waals surface area contributed by atoms with Gasteiger partial charge in [-0.3, -0.25) is 9.67 Å². The molecule has 2 aromatic rings. The number of rotatable bonds is 2. The van der Waals surface area contributed by atoms with E-state index in [-0.39, 0.29) is 6.04 Å². The number of hydrogen-bond donors (Lipinski definition) is 1. The number of nitrogens with one attached hydrogen (secondary N) is 1. The molecule has 0 unspecified atom stereocenters. The predicted molar refractivity (Wildman–Crippen MR) is 68.2 cm³/mol. The maximum absolute atomic E-state index is 12.5. The quantitative estimate of drug-likeness (QED) is 0.839. The van der Waals surface area contributed by atoms with Gasteiger partial charge in [0.05, 0.1) is 5.56 Å². The van der Waals surface area contributed by atoms with E-state index in [1.165, 1.54) is 12.1 Å². The summed E-state index contributed by atoms with van der Waals surface area (Å²) in [6.07, 6.45) is -4.33. The molecule has 3 nitrogen and oxygen atoms in total. The van der Waals surface area contributed by atoms with E-state index in [1.807, 2.05) is 13.8 Å². The lowest BCUT2D eigenvalue weighted by Crippen LogP contribution is -2.05. The lowest BCUT2D eigenvalue weighted by molar-refractivity contribution is -0.137. The van der Waals surface area contributed by atoms with Gasteiger partial charge >= 0.3 is 6.18 Å². The maximum atomic E-state index is 12.5. The molecule has 0 saturated carbocycles. The first-order valence-corrected chi connectivity index (χ1v) is 6.06. The minimum absolute atomic E-state index is 0.0727. The Hall–Kier alpha value is -1.63. The molecule has 19 heavy (non-hydrogen) atoms. The van der Waals surface area contributed by atoms with Crippen molar-refractivity contribution in [3.63, 3.8) is 0 Å². The number of aromatic nitrogens is 3. The molecule has 102 valence electrons. The van der Waals surface area contributed by atoms with E-state index in [0.29, 0.717) is 16.2 Å². The van der Waals surface area contributed by atoms with Gasteiger partial charge in [-0.25, -0.2) is 0 Å². The fraction of sp³-hybridized carbons (Fsp3) is 0.333. The highest BCUT2D eigenvalue weighted by molar-refractivity contribution is 7.71. The van der Waals surface area contributed by atoms with Crippen LogP contribution in [0.25, 0.3) is 11.4 Å². The molecule has 0 fully saturated rings. The smallest absolute Gasteiger partial charge is 0.298 e. The first kappa shape index (κ1) is 13.8. The molecule has 1 N–H and O–H groups in total. The predicted octanol–water partition coefficient (Wildman–Crippen LogP) is 4.21. The Morgan fingerprint density at radius 3 is 2.26 bits per heavy atom. The molecule has 0 saturated heterocycles. The van der Waals surface area contributed by atoms with E-state index in [0.717, 1.165) is 12.1 Å². The molecule has 1 aromatic heterocycles. The van der Waals surface area contributed by atoms with E-state index in [4.69, 9.17) is 12.2 Å². The van der Waals surface area contributed by atoms with Crippen molar-refractivity contribution in [2.45, 2.75) is 26.1 Å². The van der Waals surface area contributed by atoms with Crippen molar-refractivity contribution >= 4 is 12.2 Å². The molecule has 0 aliphatic carbocycles. The molecule has 2 rings (SSSR count). The summed E-state index contributed by atoms with van der Waals surface area (Å²) >= 11 is 5.10. The van der Waals surface area contributed by atoms with E-state index in [2.05, 4.69) is 10.2 Å². The largest absolute Gasteiger partial charge is 0.416 e. The van der Waals surface area contributed by atoms with E-state index < -0.39 is 11.7 Å². The Morgan fingerprint density at radius 2 is 1.79 bits per heavy atom. The van der Waals surface area contributed by atoms with Crippen LogP contribution in [0.2, 0.25) is 0 Å². The topological polar surface area (TPSA) is 33.6 Å². The fourth-order valence-corrected chi connectivity index (χ4v) is 2.14. The van der Waals surface area contributed by atoms with Gasteiger partial charge in [0.2, 0.25) is 0 Å². The number of hydrogen-bond acceptors (Lipinski definition) is 2. The normalized spacial score (nSPS) is 12.1. The number of nitrogens with zero attached hydrogens (tertiary/aromatic N) is 2. The van der Waals surface area contributed by atoms with Gasteiger partial charge in [-0.1, -0.05) is 12.1 Å². The number of alkyl halides is 3. The molecule has 1 heterocycles. The van der Waals surface area contributed by atoms with Crippen LogP contribution in [0, 0.1) is 4.77 Å². The van der Waals surface area contributed by atoms with Gasteiger partial charge in [0.1, 0.15) is 0 Å². The summed E-state index contributed by atoms with van der Waals surface area (Å²) in [5.74, 6) is 0.536. The van der Waals surface area contributed by atoms with Gasteiger partial charge in [0, 0.05) is 11.6 Å². The molecule has 0 bridgehead atoms. The minimum atomic E-state index is -4.33. The molecular formula is C12H12F3N3S. The first-order chi connectivity index (χ1) is 8.80. The second-order valence-electron chi connectivity index (χ2n) is 4.39. The average molecular weight is 287 g/mol. The molecule has 0 aliphatic rings. The standard InChI is InChI=1S/C12H12F3N3S/c1-7(2)18-10(16-17-11(18)19)8-3-5-9(6-4-8)12(13,14)15/h3-7H,1-2H3,(H,17,19). The summed E-state index contributed by atoms with van der Waals surface area (Å²) in [5, 5.41) is 6.72. The van der Waals surface area contributed by atoms with Crippen molar-refractivity contribution in [1.82, 2.24) is 14.8 Å². The number of benzene rings is 1. The zero-order valence-electron chi connectivity index (χ0n) is 10.3. The van der Waals surface area contributed by atoms with Crippen molar-refractivity contribution in [2.24, 2.45) is 0 Å². The van der Waals surface area contributed by atoms with Crippen LogP contribution in [0.3, 0.4) is 0 Å². The Kier molecular flexibility index (Phi) is 3.49. The van der Waals surface area contributed by atoms with E-state index >= 15 is 0 Å². The zero-order valence-corrected chi connectivity index (χ0v) is 11.1. The first-order valence-electron chi connectivity index (χ1n) is 5.65. The summed E-state index contributed by atoms with van der Waals surface area (Å²) in [4.78, 5) is 0. The molecule has 1 aromatic carbocycles. The van der Waals surface area contributed by atoms with E-state index in [1.54, 1.807) is 4.57 Å². The lowest BCUT2D eigenvalue weighted by atomic mass is 10.1. The maximum Gasteiger partial charge on any atom is 0.416 e. The third kappa shape index (κ3) is 2.70. The van der Waals surface area contributed by atoms with Gasteiger partial charge in [0.15, 0.2) is 10.6 Å². The highest BCUT2D eigenvalue weighted by atomic mass is 32.1. The number of H-pyrrole nitrogens is 1. The van der Waals surface area contributed by atoms with Crippen LogP contribution in [0.1, 0.15) is 25.5 Å². The van der Waals surface area contributed by atoms with Gasteiger partial charge in [-0.15, -0.1) is 0 Å². The van der Waals surface area contributed by atoms with Crippen LogP contribution in [0.5, 0.6) is 0 Å². The van der Waals surface area contributed by atoms with Crippen LogP contribution in [0.15, 0.2) is 24.3 Å².